The van der Waals surface area contributed by atoms with Gasteiger partial charge in [0.05, 0.1) is 0 Å². The summed E-state index contributed by atoms with van der Waals surface area (Å²) in [5, 5.41) is 0. The standard InChI is InChI=1S/C5H5.3C4H9.CH3.Hf/c1-2-4-5-3-1;3*1-4(2)3;;/h1-3H,4H2;3*4H,1H2,2-3H3;1H3;. The molecule has 0 amide bonds. The van der Waals surface area contributed by atoms with E-state index in [0.29, 0.717) is 0 Å². The minimum absolute atomic E-state index is 0.847. The Morgan fingerprint density at radius 2 is 1.32 bits per heavy atom. The average molecular weight is 430 g/mol. The Balaban J connectivity index is 3.22. The molecule has 1 rings (SSSR count). The fourth-order valence-electron chi connectivity index (χ4n) is 5.24. The van der Waals surface area contributed by atoms with Gasteiger partial charge in [-0.2, -0.15) is 0 Å². The number of rotatable bonds is 7. The van der Waals surface area contributed by atoms with Crippen LogP contribution < -0.4 is 0 Å². The molecule has 0 radical (unpaired) electrons. The van der Waals surface area contributed by atoms with Crippen molar-refractivity contribution >= 4 is 0 Å². The number of hydrogen-bond donors (Lipinski definition) is 0. The van der Waals surface area contributed by atoms with Crippen molar-refractivity contribution in [1.29, 1.82) is 0 Å². The summed E-state index contributed by atoms with van der Waals surface area (Å²) >= 11 is -2.92. The van der Waals surface area contributed by atoms with E-state index in [1.54, 1.807) is 0 Å². The Bertz CT molecular complexity index is 329. The van der Waals surface area contributed by atoms with Crippen LogP contribution in [0.15, 0.2) is 21.6 Å². The Morgan fingerprint density at radius 3 is 1.58 bits per heavy atom. The van der Waals surface area contributed by atoms with Crippen LogP contribution >= 0.6 is 0 Å². The van der Waals surface area contributed by atoms with Crippen LogP contribution in [-0.4, -0.2) is 0 Å². The van der Waals surface area contributed by atoms with Crippen LogP contribution in [-0.2, 0) is 18.5 Å². The summed E-state index contributed by atoms with van der Waals surface area (Å²) < 4.78 is 9.27. The molecule has 0 atom stereocenters. The number of allylic oxidation sites excluding steroid dienone is 4. The molecule has 0 aliphatic heterocycles. The van der Waals surface area contributed by atoms with Gasteiger partial charge >= 0.3 is 123 Å². The first-order chi connectivity index (χ1) is 8.66. The maximum absolute atomic E-state index is 2.92. The minimum atomic E-state index is -2.92. The molecule has 0 aromatic rings. The van der Waals surface area contributed by atoms with E-state index in [2.05, 4.69) is 64.5 Å². The third-order valence-electron chi connectivity index (χ3n) is 4.78. The fraction of sp³-hybridized carbons (Fsp3) is 0.778. The Labute approximate surface area is 122 Å². The molecule has 0 saturated heterocycles. The maximum atomic E-state index is 2.79. The molecule has 1 aliphatic carbocycles. The summed E-state index contributed by atoms with van der Waals surface area (Å²) in [6.45, 7) is 14.6. The molecule has 0 bridgehead atoms. The quantitative estimate of drug-likeness (QED) is 0.391. The summed E-state index contributed by atoms with van der Waals surface area (Å²) in [5.74, 6) is 2.54. The summed E-state index contributed by atoms with van der Waals surface area (Å²) in [7, 11) is 0. The van der Waals surface area contributed by atoms with Gasteiger partial charge in [-0.25, -0.2) is 0 Å². The molecule has 0 unspecified atom stereocenters. The van der Waals surface area contributed by atoms with Gasteiger partial charge in [-0.15, -0.1) is 0 Å². The van der Waals surface area contributed by atoms with E-state index in [1.807, 2.05) is 3.33 Å². The average Bonchev–Trinajstić information content (AvgIpc) is 2.64. The van der Waals surface area contributed by atoms with E-state index >= 15 is 0 Å². The zero-order chi connectivity index (χ0) is 14.7. The topological polar surface area (TPSA) is 0 Å². The van der Waals surface area contributed by atoms with Crippen molar-refractivity contribution in [1.82, 2.24) is 0 Å². The molecule has 0 aromatic carbocycles. The first-order valence-electron chi connectivity index (χ1n) is 8.22. The van der Waals surface area contributed by atoms with Gasteiger partial charge in [0.1, 0.15) is 0 Å². The summed E-state index contributed by atoms with van der Waals surface area (Å²) in [5.41, 5.74) is 0. The van der Waals surface area contributed by atoms with Gasteiger partial charge in [-0.3, -0.25) is 0 Å². The molecule has 0 saturated carbocycles. The molecule has 0 nitrogen and oxygen atoms in total. The van der Waals surface area contributed by atoms with Crippen molar-refractivity contribution in [2.45, 2.75) is 65.2 Å². The molecule has 0 N–H and O–H groups in total. The normalized spacial score (nSPS) is 18.2. The molecule has 19 heavy (non-hydrogen) atoms. The monoisotopic (exact) mass is 431 g/mol. The van der Waals surface area contributed by atoms with Crippen molar-refractivity contribution in [2.24, 2.45) is 17.8 Å². The second-order valence-electron chi connectivity index (χ2n) is 8.71. The second kappa shape index (κ2) is 6.41. The van der Waals surface area contributed by atoms with E-state index in [-0.39, 0.29) is 0 Å². The Kier molecular flexibility index (Phi) is 5.87. The van der Waals surface area contributed by atoms with Crippen LogP contribution in [0.25, 0.3) is 0 Å². The molecule has 0 spiro atoms. The Hall–Kier alpha value is 0.350. The van der Waals surface area contributed by atoms with Gasteiger partial charge in [-0.05, 0) is 0 Å². The van der Waals surface area contributed by atoms with Gasteiger partial charge < -0.3 is 0 Å². The van der Waals surface area contributed by atoms with Gasteiger partial charge in [0.25, 0.3) is 0 Å². The predicted molar refractivity (Wildman–Crippen MR) is 86.6 cm³/mol. The molecule has 1 heteroatoms. The molecule has 0 fully saturated rings. The van der Waals surface area contributed by atoms with E-state index in [0.717, 1.165) is 17.8 Å². The van der Waals surface area contributed by atoms with Gasteiger partial charge in [-0.1, -0.05) is 0 Å². The zero-order valence-corrected chi connectivity index (χ0v) is 17.9. The van der Waals surface area contributed by atoms with Crippen molar-refractivity contribution in [3.63, 3.8) is 0 Å². The molecule has 111 valence electrons. The van der Waals surface area contributed by atoms with Crippen LogP contribution in [0.5, 0.6) is 0 Å². The molecule has 0 aromatic heterocycles. The Morgan fingerprint density at radius 1 is 0.895 bits per heavy atom. The summed E-state index contributed by atoms with van der Waals surface area (Å²) in [6, 6.07) is 0. The van der Waals surface area contributed by atoms with Crippen molar-refractivity contribution in [3.8, 4) is 0 Å². The SMILES string of the molecule is CC(C)[CH2][Hf]([CH3])([CH2]C(C)C)([CH2]C(C)C)[C]1=CC=CC1. The summed E-state index contributed by atoms with van der Waals surface area (Å²) in [4.78, 5) is 0. The first kappa shape index (κ1) is 17.4. The third kappa shape index (κ3) is 4.41. The number of hydrogen-bond acceptors (Lipinski definition) is 0. The van der Waals surface area contributed by atoms with Gasteiger partial charge in [0.2, 0.25) is 0 Å². The van der Waals surface area contributed by atoms with E-state index in [1.165, 1.54) is 19.0 Å². The van der Waals surface area contributed by atoms with Crippen molar-refractivity contribution in [2.75, 3.05) is 0 Å². The van der Waals surface area contributed by atoms with E-state index in [9.17, 15) is 0 Å². The zero-order valence-electron chi connectivity index (χ0n) is 14.3. The summed E-state index contributed by atoms with van der Waals surface area (Å²) in [6.07, 6.45) is 8.46. The van der Waals surface area contributed by atoms with Crippen LogP contribution in [0, 0.1) is 17.8 Å². The fourth-order valence-corrected chi connectivity index (χ4v) is 40.4. The van der Waals surface area contributed by atoms with Crippen molar-refractivity contribution in [3.05, 3.63) is 21.6 Å². The van der Waals surface area contributed by atoms with Crippen LogP contribution in [0.4, 0.5) is 0 Å². The third-order valence-corrected chi connectivity index (χ3v) is 34.9. The van der Waals surface area contributed by atoms with Gasteiger partial charge in [0, 0.05) is 0 Å². The molecular weight excluding hydrogens is 395 g/mol. The molecule has 0 heterocycles. The van der Waals surface area contributed by atoms with Crippen molar-refractivity contribution < 1.29 is 18.5 Å². The first-order valence-corrected chi connectivity index (χ1v) is 21.2. The van der Waals surface area contributed by atoms with Crippen LogP contribution in [0.1, 0.15) is 48.0 Å². The second-order valence-corrected chi connectivity index (χ2v) is 34.0. The predicted octanol–water partition coefficient (Wildman–Crippen LogP) is 6.79. The molecule has 1 aliphatic rings. The van der Waals surface area contributed by atoms with Gasteiger partial charge in [0.15, 0.2) is 0 Å². The van der Waals surface area contributed by atoms with E-state index < -0.39 is 18.5 Å². The van der Waals surface area contributed by atoms with E-state index in [4.69, 9.17) is 0 Å². The van der Waals surface area contributed by atoms with Crippen LogP contribution in [0.3, 0.4) is 0 Å². The van der Waals surface area contributed by atoms with Crippen LogP contribution in [0.2, 0.25) is 17.2 Å². The molecular formula is C18H35Hf.